The van der Waals surface area contributed by atoms with E-state index in [1.807, 2.05) is 0 Å². The number of H-pyrrole nitrogens is 1. The van der Waals surface area contributed by atoms with Gasteiger partial charge in [0.15, 0.2) is 5.69 Å². The maximum absolute atomic E-state index is 12.2. The van der Waals surface area contributed by atoms with Gasteiger partial charge in [-0.05, 0) is 6.07 Å². The molecule has 0 spiro atoms. The molecule has 0 saturated carbocycles. The third-order valence-electron chi connectivity index (χ3n) is 2.82. The number of nitrogens with zero attached hydrogens (tertiary/aromatic N) is 2. The molecule has 0 aliphatic heterocycles. The lowest BCUT2D eigenvalue weighted by atomic mass is 10.1. The molecule has 0 fully saturated rings. The number of amides is 1. The summed E-state index contributed by atoms with van der Waals surface area (Å²) in [5, 5.41) is 9.93. The second-order valence-corrected chi connectivity index (χ2v) is 5.07. The van der Waals surface area contributed by atoms with Crippen LogP contribution in [0.5, 0.6) is 0 Å². The van der Waals surface area contributed by atoms with E-state index >= 15 is 0 Å². The van der Waals surface area contributed by atoms with Gasteiger partial charge in [-0.1, -0.05) is 18.2 Å². The van der Waals surface area contributed by atoms with Gasteiger partial charge in [0.25, 0.3) is 11.5 Å². The van der Waals surface area contributed by atoms with Crippen molar-refractivity contribution in [1.82, 2.24) is 20.5 Å². The molecule has 0 atom stereocenters. The summed E-state index contributed by atoms with van der Waals surface area (Å²) in [4.78, 5) is 28.7. The minimum atomic E-state index is -0.328. The van der Waals surface area contributed by atoms with E-state index in [1.165, 1.54) is 11.3 Å². The number of nitrogens with one attached hydrogen (secondary N) is 2. The summed E-state index contributed by atoms with van der Waals surface area (Å²) in [6.45, 7) is 0.388. The second kappa shape index (κ2) is 5.22. The number of rotatable bonds is 3. The van der Waals surface area contributed by atoms with Gasteiger partial charge in [-0.15, -0.1) is 11.3 Å². The smallest absolute Gasteiger partial charge is 0.272 e. The van der Waals surface area contributed by atoms with Crippen LogP contribution in [0.25, 0.3) is 10.8 Å². The van der Waals surface area contributed by atoms with Crippen molar-refractivity contribution in [3.05, 3.63) is 56.9 Å². The van der Waals surface area contributed by atoms with Crippen molar-refractivity contribution in [3.63, 3.8) is 0 Å². The minimum absolute atomic E-state index is 0.213. The van der Waals surface area contributed by atoms with Gasteiger partial charge in [0.2, 0.25) is 0 Å². The summed E-state index contributed by atoms with van der Waals surface area (Å²) < 4.78 is 0. The van der Waals surface area contributed by atoms with Crippen LogP contribution in [0.15, 0.2) is 40.8 Å². The fourth-order valence-corrected chi connectivity index (χ4v) is 2.40. The van der Waals surface area contributed by atoms with Gasteiger partial charge in [-0.2, -0.15) is 5.10 Å². The predicted molar refractivity (Wildman–Crippen MR) is 75.6 cm³/mol. The van der Waals surface area contributed by atoms with Gasteiger partial charge >= 0.3 is 0 Å². The molecule has 7 heteroatoms. The average Bonchev–Trinajstić information content (AvgIpc) is 2.99. The monoisotopic (exact) mass is 286 g/mol. The molecule has 2 N–H and O–H groups in total. The summed E-state index contributed by atoms with van der Waals surface area (Å²) in [6, 6.07) is 6.88. The first kappa shape index (κ1) is 12.5. The Kier molecular flexibility index (Phi) is 3.26. The number of thiazole rings is 1. The van der Waals surface area contributed by atoms with Gasteiger partial charge in [0, 0.05) is 16.5 Å². The summed E-state index contributed by atoms with van der Waals surface area (Å²) in [6.07, 6.45) is 1.70. The average molecular weight is 286 g/mol. The molecule has 1 aromatic carbocycles. The number of carbonyl (C=O) groups excluding carboxylic acids is 1. The molecular formula is C13H10N4O2S. The molecule has 20 heavy (non-hydrogen) atoms. The first-order valence-electron chi connectivity index (χ1n) is 5.88. The maximum atomic E-state index is 12.2. The summed E-state index contributed by atoms with van der Waals surface area (Å²) in [7, 11) is 0. The molecule has 0 aliphatic rings. The molecule has 100 valence electrons. The Bertz CT molecular complexity index is 811. The Balaban J connectivity index is 1.92. The minimum Gasteiger partial charge on any atom is -0.346 e. The quantitative estimate of drug-likeness (QED) is 0.760. The van der Waals surface area contributed by atoms with E-state index in [9.17, 15) is 9.59 Å². The predicted octanol–water partition coefficient (Wildman–Crippen LogP) is 1.31. The van der Waals surface area contributed by atoms with Gasteiger partial charge in [-0.25, -0.2) is 5.10 Å². The zero-order valence-electron chi connectivity index (χ0n) is 10.3. The van der Waals surface area contributed by atoms with Crippen LogP contribution in [0.3, 0.4) is 0 Å². The zero-order chi connectivity index (χ0) is 13.9. The Hall–Kier alpha value is -2.54. The van der Waals surface area contributed by atoms with E-state index in [-0.39, 0.29) is 17.2 Å². The highest BCUT2D eigenvalue weighted by Crippen LogP contribution is 2.12. The van der Waals surface area contributed by atoms with Crippen LogP contribution < -0.4 is 10.9 Å². The van der Waals surface area contributed by atoms with E-state index in [4.69, 9.17) is 0 Å². The van der Waals surface area contributed by atoms with Gasteiger partial charge < -0.3 is 5.32 Å². The summed E-state index contributed by atoms with van der Waals surface area (Å²) >= 11 is 1.46. The van der Waals surface area contributed by atoms with Crippen LogP contribution in [0, 0.1) is 0 Å². The van der Waals surface area contributed by atoms with E-state index < -0.39 is 0 Å². The highest BCUT2D eigenvalue weighted by atomic mass is 32.1. The van der Waals surface area contributed by atoms with E-state index in [2.05, 4.69) is 20.5 Å². The molecule has 0 unspecified atom stereocenters. The molecule has 0 aliphatic carbocycles. The second-order valence-electron chi connectivity index (χ2n) is 4.10. The Labute approximate surface area is 117 Å². The first-order valence-corrected chi connectivity index (χ1v) is 6.76. The van der Waals surface area contributed by atoms with Gasteiger partial charge in [0.05, 0.1) is 17.4 Å². The molecule has 2 heterocycles. The van der Waals surface area contributed by atoms with Crippen molar-refractivity contribution < 1.29 is 4.79 Å². The molecule has 2 aromatic heterocycles. The van der Waals surface area contributed by atoms with E-state index in [1.54, 1.807) is 36.0 Å². The van der Waals surface area contributed by atoms with Crippen LogP contribution >= 0.6 is 11.3 Å². The number of fused-ring (bicyclic) bond motifs is 1. The normalized spacial score (nSPS) is 10.6. The lowest BCUT2D eigenvalue weighted by Gasteiger charge is -2.05. The molecular weight excluding hydrogens is 276 g/mol. The third-order valence-corrected chi connectivity index (χ3v) is 3.60. The third kappa shape index (κ3) is 2.30. The number of aromatic amines is 1. The standard InChI is InChI=1S/C13H10N4O2S/c18-12-10-4-2-1-3-9(10)11(16-17-12)13(19)15-6-8-5-14-7-20-8/h1-5,7H,6H2,(H,15,19)(H,17,18). The van der Waals surface area contributed by atoms with Crippen molar-refractivity contribution in [2.75, 3.05) is 0 Å². The number of hydrogen-bond acceptors (Lipinski definition) is 5. The van der Waals surface area contributed by atoms with Crippen LogP contribution in [-0.2, 0) is 6.54 Å². The van der Waals surface area contributed by atoms with E-state index in [0.29, 0.717) is 17.3 Å². The van der Waals surface area contributed by atoms with Crippen molar-refractivity contribution >= 4 is 28.0 Å². The lowest BCUT2D eigenvalue weighted by Crippen LogP contribution is -2.25. The molecule has 0 bridgehead atoms. The van der Waals surface area contributed by atoms with Gasteiger partial charge in [-0.3, -0.25) is 14.6 Å². The molecule has 3 aromatic rings. The Morgan fingerprint density at radius 2 is 2.10 bits per heavy atom. The molecule has 0 radical (unpaired) electrons. The van der Waals surface area contributed by atoms with Crippen molar-refractivity contribution in [1.29, 1.82) is 0 Å². The Morgan fingerprint density at radius 1 is 1.30 bits per heavy atom. The van der Waals surface area contributed by atoms with Crippen molar-refractivity contribution in [2.45, 2.75) is 6.54 Å². The Morgan fingerprint density at radius 3 is 2.85 bits per heavy atom. The fourth-order valence-electron chi connectivity index (χ4n) is 1.87. The number of carbonyl (C=O) groups is 1. The maximum Gasteiger partial charge on any atom is 0.272 e. The van der Waals surface area contributed by atoms with Crippen LogP contribution in [0.1, 0.15) is 15.4 Å². The van der Waals surface area contributed by atoms with Gasteiger partial charge in [0.1, 0.15) is 0 Å². The number of benzene rings is 1. The lowest BCUT2D eigenvalue weighted by molar-refractivity contribution is 0.0947. The van der Waals surface area contributed by atoms with Crippen LogP contribution in [0.2, 0.25) is 0 Å². The van der Waals surface area contributed by atoms with Crippen LogP contribution in [-0.4, -0.2) is 21.1 Å². The van der Waals surface area contributed by atoms with Crippen molar-refractivity contribution in [3.8, 4) is 0 Å². The molecule has 3 rings (SSSR count). The number of aromatic nitrogens is 3. The number of hydrogen-bond donors (Lipinski definition) is 2. The highest BCUT2D eigenvalue weighted by molar-refractivity contribution is 7.09. The van der Waals surface area contributed by atoms with E-state index in [0.717, 1.165) is 4.88 Å². The highest BCUT2D eigenvalue weighted by Gasteiger charge is 2.13. The summed E-state index contributed by atoms with van der Waals surface area (Å²) in [5.41, 5.74) is 1.61. The summed E-state index contributed by atoms with van der Waals surface area (Å²) in [5.74, 6) is -0.328. The SMILES string of the molecule is O=C(NCc1cncs1)c1n[nH]c(=O)c2ccccc12. The molecule has 1 amide bonds. The molecule has 6 nitrogen and oxygen atoms in total. The fraction of sp³-hybridized carbons (Fsp3) is 0.0769. The van der Waals surface area contributed by atoms with Crippen molar-refractivity contribution in [2.24, 2.45) is 0 Å². The molecule has 0 saturated heterocycles. The first-order chi connectivity index (χ1) is 9.75. The zero-order valence-corrected chi connectivity index (χ0v) is 11.1. The largest absolute Gasteiger partial charge is 0.346 e. The van der Waals surface area contributed by atoms with Crippen LogP contribution in [0.4, 0.5) is 0 Å². The topological polar surface area (TPSA) is 87.7 Å².